The zero-order valence-electron chi connectivity index (χ0n) is 15.9. The highest BCUT2D eigenvalue weighted by Gasteiger charge is 2.18. The molecule has 0 radical (unpaired) electrons. The average Bonchev–Trinajstić information content (AvgIpc) is 3.40. The molecule has 7 nitrogen and oxygen atoms in total. The van der Waals surface area contributed by atoms with Crippen LogP contribution in [-0.2, 0) is 0 Å². The number of nitrogens with one attached hydrogen (secondary N) is 1. The first-order valence-electron chi connectivity index (χ1n) is 9.10. The van der Waals surface area contributed by atoms with Gasteiger partial charge in [-0.2, -0.15) is 0 Å². The molecule has 0 aliphatic carbocycles. The van der Waals surface area contributed by atoms with E-state index in [1.165, 1.54) is 23.1 Å². The van der Waals surface area contributed by atoms with Gasteiger partial charge in [-0.05, 0) is 38.1 Å². The van der Waals surface area contributed by atoms with Gasteiger partial charge in [0.15, 0.2) is 4.34 Å². The van der Waals surface area contributed by atoms with Gasteiger partial charge in [0.25, 0.3) is 0 Å². The normalized spacial score (nSPS) is 11.9. The van der Waals surface area contributed by atoms with Gasteiger partial charge < -0.3 is 14.5 Å². The highest BCUT2D eigenvalue weighted by molar-refractivity contribution is 8.01. The molecular formula is C20H19N5O2S2. The number of anilines is 2. The van der Waals surface area contributed by atoms with Crippen LogP contribution in [-0.4, -0.2) is 27.0 Å². The average molecular weight is 426 g/mol. The van der Waals surface area contributed by atoms with Crippen molar-refractivity contribution in [2.24, 2.45) is 0 Å². The summed E-state index contributed by atoms with van der Waals surface area (Å²) >= 11 is 2.99. The van der Waals surface area contributed by atoms with E-state index in [0.717, 1.165) is 21.3 Å². The van der Waals surface area contributed by atoms with Crippen molar-refractivity contribution in [2.75, 3.05) is 11.9 Å². The Kier molecular flexibility index (Phi) is 6.06. The van der Waals surface area contributed by atoms with E-state index < -0.39 is 0 Å². The summed E-state index contributed by atoms with van der Waals surface area (Å²) in [5.74, 6) is 1.85. The smallest absolute Gasteiger partial charge is 0.247 e. The van der Waals surface area contributed by atoms with Gasteiger partial charge >= 0.3 is 0 Å². The molecule has 4 aromatic rings. The number of benzene rings is 2. The Labute approximate surface area is 176 Å². The lowest BCUT2D eigenvalue weighted by Gasteiger charge is -2.09. The van der Waals surface area contributed by atoms with Crippen molar-refractivity contribution >= 4 is 33.9 Å². The molecule has 1 unspecified atom stereocenters. The molecule has 2 aromatic carbocycles. The second kappa shape index (κ2) is 9.06. The fourth-order valence-corrected chi connectivity index (χ4v) is 4.51. The van der Waals surface area contributed by atoms with Crippen LogP contribution in [0.4, 0.5) is 10.8 Å². The Bertz CT molecular complexity index is 1070. The van der Waals surface area contributed by atoms with Crippen LogP contribution >= 0.6 is 23.1 Å². The second-order valence-electron chi connectivity index (χ2n) is 6.00. The maximum absolute atomic E-state index is 5.83. The monoisotopic (exact) mass is 425 g/mol. The van der Waals surface area contributed by atoms with Gasteiger partial charge in [0.05, 0.1) is 17.5 Å². The van der Waals surface area contributed by atoms with E-state index in [9.17, 15) is 0 Å². The molecule has 0 fully saturated rings. The summed E-state index contributed by atoms with van der Waals surface area (Å²) < 4.78 is 12.3. The fraction of sp³-hybridized carbons (Fsp3) is 0.200. The van der Waals surface area contributed by atoms with E-state index in [4.69, 9.17) is 9.15 Å². The summed E-state index contributed by atoms with van der Waals surface area (Å²) in [6.45, 7) is 4.56. The molecule has 0 bridgehead atoms. The highest BCUT2D eigenvalue weighted by Crippen LogP contribution is 2.38. The summed E-state index contributed by atoms with van der Waals surface area (Å²) in [4.78, 5) is 0. The molecule has 4 rings (SSSR count). The molecule has 0 saturated heterocycles. The van der Waals surface area contributed by atoms with Crippen molar-refractivity contribution in [1.82, 2.24) is 20.4 Å². The number of ether oxygens (including phenoxy) is 1. The Balaban J connectivity index is 1.42. The maximum atomic E-state index is 5.83. The predicted octanol–water partition coefficient (Wildman–Crippen LogP) is 5.58. The van der Waals surface area contributed by atoms with Gasteiger partial charge in [0.1, 0.15) is 5.75 Å². The molecule has 2 aromatic heterocycles. The first kappa shape index (κ1) is 19.4. The molecule has 148 valence electrons. The van der Waals surface area contributed by atoms with Crippen LogP contribution in [0.5, 0.6) is 5.75 Å². The number of rotatable bonds is 8. The van der Waals surface area contributed by atoms with E-state index >= 15 is 0 Å². The van der Waals surface area contributed by atoms with E-state index in [2.05, 4.69) is 25.7 Å². The molecule has 0 amide bonds. The summed E-state index contributed by atoms with van der Waals surface area (Å²) in [6, 6.07) is 17.5. The molecule has 1 N–H and O–H groups in total. The van der Waals surface area contributed by atoms with Crippen molar-refractivity contribution in [2.45, 2.75) is 23.4 Å². The zero-order valence-corrected chi connectivity index (χ0v) is 17.5. The molecule has 0 aliphatic rings. The zero-order chi connectivity index (χ0) is 20.1. The molecule has 0 aliphatic heterocycles. The Morgan fingerprint density at radius 2 is 1.83 bits per heavy atom. The summed E-state index contributed by atoms with van der Waals surface area (Å²) in [5, 5.41) is 20.7. The summed E-state index contributed by atoms with van der Waals surface area (Å²) in [6.07, 6.45) is 0. The summed E-state index contributed by atoms with van der Waals surface area (Å²) in [5.41, 5.74) is 1.76. The Morgan fingerprint density at radius 1 is 1.03 bits per heavy atom. The minimum Gasteiger partial charge on any atom is -0.492 e. The Morgan fingerprint density at radius 3 is 2.66 bits per heavy atom. The number of hydrogen-bond donors (Lipinski definition) is 1. The number of aromatic nitrogens is 4. The number of para-hydroxylation sites is 2. The lowest BCUT2D eigenvalue weighted by molar-refractivity contribution is 0.342. The molecule has 9 heteroatoms. The molecule has 29 heavy (non-hydrogen) atoms. The largest absolute Gasteiger partial charge is 0.492 e. The lowest BCUT2D eigenvalue weighted by Crippen LogP contribution is -1.97. The van der Waals surface area contributed by atoms with E-state index in [1.54, 1.807) is 0 Å². The van der Waals surface area contributed by atoms with Crippen LogP contribution in [0, 0.1) is 0 Å². The van der Waals surface area contributed by atoms with Crippen molar-refractivity contribution in [3.05, 3.63) is 60.5 Å². The van der Waals surface area contributed by atoms with Gasteiger partial charge in [-0.3, -0.25) is 0 Å². The van der Waals surface area contributed by atoms with Crippen molar-refractivity contribution in [1.29, 1.82) is 0 Å². The predicted molar refractivity (Wildman–Crippen MR) is 115 cm³/mol. The van der Waals surface area contributed by atoms with Gasteiger partial charge in [-0.25, -0.2) is 0 Å². The molecule has 2 heterocycles. The minimum absolute atomic E-state index is 0.0449. The van der Waals surface area contributed by atoms with Crippen LogP contribution in [0.1, 0.15) is 25.0 Å². The molecule has 1 atom stereocenters. The SMILES string of the molecule is CCOc1ccccc1Nc1nnc(SC(C)c2nnc(-c3ccccc3)o2)s1. The summed E-state index contributed by atoms with van der Waals surface area (Å²) in [7, 11) is 0. The molecular weight excluding hydrogens is 406 g/mol. The van der Waals surface area contributed by atoms with Crippen LogP contribution in [0.25, 0.3) is 11.5 Å². The minimum atomic E-state index is -0.0449. The number of thioether (sulfide) groups is 1. The topological polar surface area (TPSA) is 86.0 Å². The first-order chi connectivity index (χ1) is 14.2. The standard InChI is InChI=1S/C20H19N5O2S2/c1-3-26-16-12-8-7-11-15(16)21-19-24-25-20(29-19)28-13(2)17-22-23-18(27-17)14-9-5-4-6-10-14/h4-13H,3H2,1-2H3,(H,21,24). The highest BCUT2D eigenvalue weighted by atomic mass is 32.2. The Hall–Kier alpha value is -2.91. The van der Waals surface area contributed by atoms with Crippen LogP contribution in [0.3, 0.4) is 0 Å². The number of hydrogen-bond acceptors (Lipinski definition) is 9. The van der Waals surface area contributed by atoms with Gasteiger partial charge in [-0.15, -0.1) is 20.4 Å². The second-order valence-corrected chi connectivity index (χ2v) is 8.56. The van der Waals surface area contributed by atoms with Crippen molar-refractivity contribution in [3.63, 3.8) is 0 Å². The van der Waals surface area contributed by atoms with E-state index in [1.807, 2.05) is 68.4 Å². The third-order valence-electron chi connectivity index (χ3n) is 3.92. The van der Waals surface area contributed by atoms with E-state index in [-0.39, 0.29) is 5.25 Å². The molecule has 0 spiro atoms. The fourth-order valence-electron chi connectivity index (χ4n) is 2.57. The molecule has 0 saturated carbocycles. The number of nitrogens with zero attached hydrogens (tertiary/aromatic N) is 4. The third-order valence-corrected chi connectivity index (χ3v) is 5.93. The first-order valence-corrected chi connectivity index (χ1v) is 10.8. The van der Waals surface area contributed by atoms with Gasteiger partial charge in [0.2, 0.25) is 16.9 Å². The third kappa shape index (κ3) is 4.75. The lowest BCUT2D eigenvalue weighted by atomic mass is 10.2. The van der Waals surface area contributed by atoms with Crippen LogP contribution in [0.2, 0.25) is 0 Å². The van der Waals surface area contributed by atoms with Gasteiger partial charge in [-0.1, -0.05) is 53.4 Å². The van der Waals surface area contributed by atoms with Crippen LogP contribution < -0.4 is 10.1 Å². The van der Waals surface area contributed by atoms with Gasteiger partial charge in [0, 0.05) is 5.56 Å². The maximum Gasteiger partial charge on any atom is 0.247 e. The quantitative estimate of drug-likeness (QED) is 0.366. The van der Waals surface area contributed by atoms with Crippen molar-refractivity contribution in [3.8, 4) is 17.2 Å². The van der Waals surface area contributed by atoms with Crippen LogP contribution in [0.15, 0.2) is 63.4 Å². The van der Waals surface area contributed by atoms with E-state index in [0.29, 0.717) is 23.5 Å². The van der Waals surface area contributed by atoms with Crippen molar-refractivity contribution < 1.29 is 9.15 Å².